The van der Waals surface area contributed by atoms with Gasteiger partial charge in [0, 0.05) is 38.9 Å². The predicted molar refractivity (Wildman–Crippen MR) is 87.8 cm³/mol. The van der Waals surface area contributed by atoms with Gasteiger partial charge in [-0.1, -0.05) is 0 Å². The molecule has 1 amide bonds. The van der Waals surface area contributed by atoms with Crippen LogP contribution < -0.4 is 14.8 Å². The largest absolute Gasteiger partial charge is 0.454 e. The minimum atomic E-state index is -3.33. The van der Waals surface area contributed by atoms with E-state index in [0.717, 1.165) is 6.26 Å². The van der Waals surface area contributed by atoms with Gasteiger partial charge in [-0.15, -0.1) is 0 Å². The van der Waals surface area contributed by atoms with Gasteiger partial charge < -0.3 is 19.5 Å². The van der Waals surface area contributed by atoms with E-state index in [9.17, 15) is 13.2 Å². The summed E-state index contributed by atoms with van der Waals surface area (Å²) in [6.45, 7) is 1.40. The molecule has 0 unspecified atom stereocenters. The van der Waals surface area contributed by atoms with Crippen LogP contribution in [0.25, 0.3) is 0 Å². The van der Waals surface area contributed by atoms with Crippen LogP contribution in [0.5, 0.6) is 11.5 Å². The Hall–Kier alpha value is -1.84. The van der Waals surface area contributed by atoms with E-state index in [1.54, 1.807) is 25.3 Å². The number of amides is 1. The number of benzene rings is 1. The molecule has 2 rings (SSSR count). The Morgan fingerprint density at radius 3 is 2.75 bits per heavy atom. The number of sulfonamides is 1. The average Bonchev–Trinajstić information content (AvgIpc) is 2.99. The molecule has 0 radical (unpaired) electrons. The van der Waals surface area contributed by atoms with Crippen LogP contribution in [0, 0.1) is 0 Å². The zero-order valence-corrected chi connectivity index (χ0v) is 14.6. The fourth-order valence-corrected chi connectivity index (χ4v) is 3.15. The molecule has 9 heteroatoms. The van der Waals surface area contributed by atoms with Gasteiger partial charge in [-0.3, -0.25) is 4.79 Å². The molecule has 1 aliphatic rings. The lowest BCUT2D eigenvalue weighted by Gasteiger charge is -2.20. The lowest BCUT2D eigenvalue weighted by molar-refractivity contribution is 0.0950. The van der Waals surface area contributed by atoms with Crippen molar-refractivity contribution in [1.82, 2.24) is 9.62 Å². The summed E-state index contributed by atoms with van der Waals surface area (Å²) >= 11 is 0. The molecule has 1 aromatic rings. The molecule has 0 spiro atoms. The quantitative estimate of drug-likeness (QED) is 0.644. The minimum absolute atomic E-state index is 0.144. The summed E-state index contributed by atoms with van der Waals surface area (Å²) in [6.07, 6.45) is 1.75. The van der Waals surface area contributed by atoms with Crippen LogP contribution in [0.2, 0.25) is 0 Å². The molecule has 0 saturated carbocycles. The molecular formula is C15H22N2O6S. The van der Waals surface area contributed by atoms with Crippen molar-refractivity contribution in [2.75, 3.05) is 46.4 Å². The van der Waals surface area contributed by atoms with Gasteiger partial charge >= 0.3 is 0 Å². The maximum absolute atomic E-state index is 12.1. The SMILES string of the molecule is COCCCN(CCNC(=O)c1ccc2c(c1)OCO2)S(C)(=O)=O. The van der Waals surface area contributed by atoms with E-state index in [2.05, 4.69) is 5.32 Å². The average molecular weight is 358 g/mol. The van der Waals surface area contributed by atoms with Crippen molar-refractivity contribution in [3.8, 4) is 11.5 Å². The molecule has 0 saturated heterocycles. The molecule has 0 atom stereocenters. The summed E-state index contributed by atoms with van der Waals surface area (Å²) in [7, 11) is -1.76. The third kappa shape index (κ3) is 5.08. The summed E-state index contributed by atoms with van der Waals surface area (Å²) in [5, 5.41) is 2.71. The Kier molecular flexibility index (Phi) is 6.41. The van der Waals surface area contributed by atoms with Gasteiger partial charge in [0.2, 0.25) is 16.8 Å². The van der Waals surface area contributed by atoms with E-state index in [1.807, 2.05) is 0 Å². The Labute approximate surface area is 141 Å². The number of hydrogen-bond donors (Lipinski definition) is 1. The highest BCUT2D eigenvalue weighted by atomic mass is 32.2. The molecule has 0 aliphatic carbocycles. The van der Waals surface area contributed by atoms with Crippen molar-refractivity contribution in [2.45, 2.75) is 6.42 Å². The zero-order valence-electron chi connectivity index (χ0n) is 13.8. The second-order valence-corrected chi connectivity index (χ2v) is 7.31. The number of hydrogen-bond acceptors (Lipinski definition) is 6. The van der Waals surface area contributed by atoms with Crippen LogP contribution in [0.1, 0.15) is 16.8 Å². The van der Waals surface area contributed by atoms with Gasteiger partial charge in [0.15, 0.2) is 11.5 Å². The topological polar surface area (TPSA) is 94.2 Å². The number of nitrogens with zero attached hydrogens (tertiary/aromatic N) is 1. The first kappa shape index (κ1) is 18.5. The van der Waals surface area contributed by atoms with E-state index in [1.165, 1.54) is 4.31 Å². The maximum atomic E-state index is 12.1. The standard InChI is InChI=1S/C15H22N2O6S/c1-21-9-3-7-17(24(2,19)20)8-6-16-15(18)12-4-5-13-14(10-12)23-11-22-13/h4-5,10H,3,6-9,11H2,1-2H3,(H,16,18). The van der Waals surface area contributed by atoms with E-state index < -0.39 is 10.0 Å². The smallest absolute Gasteiger partial charge is 0.251 e. The van der Waals surface area contributed by atoms with E-state index in [0.29, 0.717) is 36.6 Å². The van der Waals surface area contributed by atoms with Crippen LogP contribution in [0.15, 0.2) is 18.2 Å². The summed E-state index contributed by atoms with van der Waals surface area (Å²) in [5.41, 5.74) is 0.435. The highest BCUT2D eigenvalue weighted by Crippen LogP contribution is 2.32. The van der Waals surface area contributed by atoms with E-state index in [-0.39, 0.29) is 25.8 Å². The van der Waals surface area contributed by atoms with Crippen molar-refractivity contribution in [3.63, 3.8) is 0 Å². The molecular weight excluding hydrogens is 336 g/mol. The minimum Gasteiger partial charge on any atom is -0.454 e. The number of methoxy groups -OCH3 is 1. The van der Waals surface area contributed by atoms with Gasteiger partial charge in [-0.2, -0.15) is 0 Å². The molecule has 0 aromatic heterocycles. The van der Waals surface area contributed by atoms with Gasteiger partial charge in [0.1, 0.15) is 0 Å². The van der Waals surface area contributed by atoms with Crippen LogP contribution >= 0.6 is 0 Å². The summed E-state index contributed by atoms with van der Waals surface area (Å²) in [5.74, 6) is 0.839. The third-order valence-electron chi connectivity index (χ3n) is 3.51. The van der Waals surface area contributed by atoms with Gasteiger partial charge in [-0.05, 0) is 24.6 Å². The molecule has 24 heavy (non-hydrogen) atoms. The summed E-state index contributed by atoms with van der Waals surface area (Å²) in [4.78, 5) is 12.1. The lowest BCUT2D eigenvalue weighted by atomic mass is 10.2. The van der Waals surface area contributed by atoms with E-state index in [4.69, 9.17) is 14.2 Å². The lowest BCUT2D eigenvalue weighted by Crippen LogP contribution is -2.38. The number of carbonyl (C=O) groups is 1. The molecule has 1 aliphatic heterocycles. The molecule has 1 N–H and O–H groups in total. The van der Waals surface area contributed by atoms with Crippen LogP contribution in [-0.2, 0) is 14.8 Å². The van der Waals surface area contributed by atoms with Crippen molar-refractivity contribution in [1.29, 1.82) is 0 Å². The first-order valence-corrected chi connectivity index (χ1v) is 9.38. The Morgan fingerprint density at radius 2 is 2.04 bits per heavy atom. The van der Waals surface area contributed by atoms with Crippen LogP contribution in [-0.4, -0.2) is 65.0 Å². The van der Waals surface area contributed by atoms with Gasteiger partial charge in [0.05, 0.1) is 6.26 Å². The molecule has 134 valence electrons. The van der Waals surface area contributed by atoms with Crippen molar-refractivity contribution in [3.05, 3.63) is 23.8 Å². The second kappa shape index (κ2) is 8.32. The van der Waals surface area contributed by atoms with Crippen LogP contribution in [0.4, 0.5) is 0 Å². The number of fused-ring (bicyclic) bond motifs is 1. The highest BCUT2D eigenvalue weighted by Gasteiger charge is 2.18. The fraction of sp³-hybridized carbons (Fsp3) is 0.533. The summed E-state index contributed by atoms with van der Waals surface area (Å²) < 4.78 is 40.2. The molecule has 8 nitrogen and oxygen atoms in total. The maximum Gasteiger partial charge on any atom is 0.251 e. The number of carbonyl (C=O) groups excluding carboxylic acids is 1. The van der Waals surface area contributed by atoms with E-state index >= 15 is 0 Å². The molecule has 1 heterocycles. The number of ether oxygens (including phenoxy) is 3. The molecule has 0 fully saturated rings. The number of nitrogens with one attached hydrogen (secondary N) is 1. The zero-order chi connectivity index (χ0) is 17.6. The second-order valence-electron chi connectivity index (χ2n) is 5.33. The van der Waals surface area contributed by atoms with Crippen molar-refractivity contribution < 1.29 is 27.4 Å². The normalized spacial score (nSPS) is 13.3. The highest BCUT2D eigenvalue weighted by molar-refractivity contribution is 7.88. The fourth-order valence-electron chi connectivity index (χ4n) is 2.26. The molecule has 0 bridgehead atoms. The third-order valence-corrected chi connectivity index (χ3v) is 4.81. The monoisotopic (exact) mass is 358 g/mol. The first-order chi connectivity index (χ1) is 11.4. The number of rotatable bonds is 9. The Morgan fingerprint density at radius 1 is 1.29 bits per heavy atom. The van der Waals surface area contributed by atoms with Gasteiger partial charge in [-0.25, -0.2) is 12.7 Å². The molecule has 1 aromatic carbocycles. The Bertz CT molecular complexity index is 677. The summed E-state index contributed by atoms with van der Waals surface area (Å²) in [6, 6.07) is 4.91. The van der Waals surface area contributed by atoms with Gasteiger partial charge in [0.25, 0.3) is 5.91 Å². The predicted octanol–water partition coefficient (Wildman–Crippen LogP) is 0.443. The van der Waals surface area contributed by atoms with Crippen molar-refractivity contribution in [2.24, 2.45) is 0 Å². The first-order valence-electron chi connectivity index (χ1n) is 7.53. The van der Waals surface area contributed by atoms with Crippen molar-refractivity contribution >= 4 is 15.9 Å². The van der Waals surface area contributed by atoms with Crippen LogP contribution in [0.3, 0.4) is 0 Å². The Balaban J connectivity index is 1.86.